The Morgan fingerprint density at radius 1 is 1.30 bits per heavy atom. The van der Waals surface area contributed by atoms with Crippen molar-refractivity contribution in [2.24, 2.45) is 0 Å². The zero-order valence-electron chi connectivity index (χ0n) is 10.8. The highest BCUT2D eigenvalue weighted by Crippen LogP contribution is 2.29. The molecule has 0 radical (unpaired) electrons. The van der Waals surface area contributed by atoms with Crippen molar-refractivity contribution < 1.29 is 4.79 Å². The number of fused-ring (bicyclic) bond motifs is 1. The Labute approximate surface area is 116 Å². The minimum absolute atomic E-state index is 0.220. The van der Waals surface area contributed by atoms with Gasteiger partial charge >= 0.3 is 0 Å². The lowest BCUT2D eigenvalue weighted by Crippen LogP contribution is -2.06. The molecule has 0 aliphatic rings. The second-order valence-electron chi connectivity index (χ2n) is 4.38. The largest absolute Gasteiger partial charge is 0.346 e. The fourth-order valence-corrected chi connectivity index (χ4v) is 2.15. The SMILES string of the molecule is C=CC(=O)Nc1cccc(-c2c[nH]c3ncccc23)c1. The average molecular weight is 263 g/mol. The van der Waals surface area contributed by atoms with E-state index in [0.717, 1.165) is 27.8 Å². The van der Waals surface area contributed by atoms with Gasteiger partial charge in [0.05, 0.1) is 0 Å². The molecule has 1 amide bonds. The average Bonchev–Trinajstić information content (AvgIpc) is 2.91. The van der Waals surface area contributed by atoms with E-state index in [1.54, 1.807) is 6.20 Å². The molecule has 0 saturated carbocycles. The molecule has 4 nitrogen and oxygen atoms in total. The molecule has 3 rings (SSSR count). The zero-order chi connectivity index (χ0) is 13.9. The van der Waals surface area contributed by atoms with E-state index in [4.69, 9.17) is 0 Å². The van der Waals surface area contributed by atoms with Crippen molar-refractivity contribution in [2.45, 2.75) is 0 Å². The van der Waals surface area contributed by atoms with Crippen molar-refractivity contribution >= 4 is 22.6 Å². The Hall–Kier alpha value is -2.88. The predicted molar refractivity (Wildman–Crippen MR) is 80.4 cm³/mol. The summed E-state index contributed by atoms with van der Waals surface area (Å²) in [5, 5.41) is 3.81. The van der Waals surface area contributed by atoms with Crippen molar-refractivity contribution in [3.05, 3.63) is 61.4 Å². The molecule has 98 valence electrons. The molecule has 0 aliphatic carbocycles. The number of hydrogen-bond donors (Lipinski definition) is 2. The lowest BCUT2D eigenvalue weighted by molar-refractivity contribution is -0.111. The van der Waals surface area contributed by atoms with Crippen LogP contribution in [0.2, 0.25) is 0 Å². The van der Waals surface area contributed by atoms with E-state index in [1.807, 2.05) is 42.6 Å². The third-order valence-corrected chi connectivity index (χ3v) is 3.08. The number of nitrogens with one attached hydrogen (secondary N) is 2. The third-order valence-electron chi connectivity index (χ3n) is 3.08. The molecule has 0 spiro atoms. The second kappa shape index (κ2) is 5.01. The van der Waals surface area contributed by atoms with Crippen molar-refractivity contribution in [2.75, 3.05) is 5.32 Å². The second-order valence-corrected chi connectivity index (χ2v) is 4.38. The van der Waals surface area contributed by atoms with Gasteiger partial charge in [0, 0.05) is 29.0 Å². The molecule has 4 heteroatoms. The molecule has 0 atom stereocenters. The number of hydrogen-bond acceptors (Lipinski definition) is 2. The number of aromatic amines is 1. The summed E-state index contributed by atoms with van der Waals surface area (Å²) < 4.78 is 0. The first-order valence-electron chi connectivity index (χ1n) is 6.24. The first-order chi connectivity index (χ1) is 9.78. The Morgan fingerprint density at radius 3 is 3.05 bits per heavy atom. The van der Waals surface area contributed by atoms with Crippen LogP contribution >= 0.6 is 0 Å². The Morgan fingerprint density at radius 2 is 2.20 bits per heavy atom. The van der Waals surface area contributed by atoms with Crippen LogP contribution in [-0.4, -0.2) is 15.9 Å². The summed E-state index contributed by atoms with van der Waals surface area (Å²) in [7, 11) is 0. The molecule has 2 aromatic heterocycles. The first-order valence-corrected chi connectivity index (χ1v) is 6.24. The van der Waals surface area contributed by atoms with Crippen LogP contribution in [0.15, 0.2) is 61.4 Å². The molecule has 0 bridgehead atoms. The molecular weight excluding hydrogens is 250 g/mol. The van der Waals surface area contributed by atoms with E-state index >= 15 is 0 Å². The van der Waals surface area contributed by atoms with E-state index in [0.29, 0.717) is 0 Å². The van der Waals surface area contributed by atoms with Crippen LogP contribution in [0.5, 0.6) is 0 Å². The lowest BCUT2D eigenvalue weighted by Gasteiger charge is -2.05. The molecule has 2 heterocycles. The summed E-state index contributed by atoms with van der Waals surface area (Å²) in [4.78, 5) is 18.8. The number of carbonyl (C=O) groups is 1. The number of nitrogens with zero attached hydrogens (tertiary/aromatic N) is 1. The van der Waals surface area contributed by atoms with Crippen molar-refractivity contribution in [1.29, 1.82) is 0 Å². The van der Waals surface area contributed by atoms with E-state index in [2.05, 4.69) is 21.9 Å². The molecule has 0 aliphatic heterocycles. The fraction of sp³-hybridized carbons (Fsp3) is 0. The van der Waals surface area contributed by atoms with Gasteiger partial charge in [0.15, 0.2) is 0 Å². The maximum absolute atomic E-state index is 11.3. The van der Waals surface area contributed by atoms with Gasteiger partial charge in [0.25, 0.3) is 0 Å². The molecular formula is C16H13N3O. The van der Waals surface area contributed by atoms with Gasteiger partial charge < -0.3 is 10.3 Å². The zero-order valence-corrected chi connectivity index (χ0v) is 10.8. The van der Waals surface area contributed by atoms with Crippen LogP contribution in [0.25, 0.3) is 22.2 Å². The van der Waals surface area contributed by atoms with Gasteiger partial charge in [0.1, 0.15) is 5.65 Å². The van der Waals surface area contributed by atoms with E-state index in [-0.39, 0.29) is 5.91 Å². The molecule has 0 fully saturated rings. The quantitative estimate of drug-likeness (QED) is 0.712. The standard InChI is InChI=1S/C16H13N3O/c1-2-15(20)19-12-6-3-5-11(9-12)14-10-18-16-13(14)7-4-8-17-16/h2-10H,1H2,(H,17,18)(H,19,20). The molecule has 20 heavy (non-hydrogen) atoms. The van der Waals surface area contributed by atoms with Gasteiger partial charge in [0.2, 0.25) is 5.91 Å². The Kier molecular flexibility index (Phi) is 3.05. The minimum atomic E-state index is -0.220. The summed E-state index contributed by atoms with van der Waals surface area (Å²) in [6.07, 6.45) is 4.93. The van der Waals surface area contributed by atoms with Gasteiger partial charge in [-0.25, -0.2) is 4.98 Å². The number of H-pyrrole nitrogens is 1. The lowest BCUT2D eigenvalue weighted by atomic mass is 10.1. The van der Waals surface area contributed by atoms with Gasteiger partial charge in [-0.15, -0.1) is 0 Å². The van der Waals surface area contributed by atoms with Gasteiger partial charge in [-0.2, -0.15) is 0 Å². The number of amides is 1. The van der Waals surface area contributed by atoms with E-state index < -0.39 is 0 Å². The molecule has 3 aromatic rings. The van der Waals surface area contributed by atoms with Gasteiger partial charge in [-0.05, 0) is 35.9 Å². The number of carbonyl (C=O) groups excluding carboxylic acids is 1. The summed E-state index contributed by atoms with van der Waals surface area (Å²) in [5.74, 6) is -0.220. The summed E-state index contributed by atoms with van der Waals surface area (Å²) >= 11 is 0. The number of pyridine rings is 1. The Bertz CT molecular complexity index is 789. The van der Waals surface area contributed by atoms with Gasteiger partial charge in [-0.3, -0.25) is 4.79 Å². The first kappa shape index (κ1) is 12.2. The number of aromatic nitrogens is 2. The van der Waals surface area contributed by atoms with Crippen LogP contribution in [-0.2, 0) is 4.79 Å². The molecule has 0 saturated heterocycles. The smallest absolute Gasteiger partial charge is 0.247 e. The fourth-order valence-electron chi connectivity index (χ4n) is 2.15. The van der Waals surface area contributed by atoms with Crippen LogP contribution in [0.3, 0.4) is 0 Å². The van der Waals surface area contributed by atoms with Crippen LogP contribution < -0.4 is 5.32 Å². The maximum Gasteiger partial charge on any atom is 0.247 e. The van der Waals surface area contributed by atoms with Crippen molar-refractivity contribution in [3.8, 4) is 11.1 Å². The topological polar surface area (TPSA) is 57.8 Å². The van der Waals surface area contributed by atoms with Gasteiger partial charge in [-0.1, -0.05) is 18.7 Å². The van der Waals surface area contributed by atoms with Crippen LogP contribution in [0, 0.1) is 0 Å². The van der Waals surface area contributed by atoms with Crippen molar-refractivity contribution in [3.63, 3.8) is 0 Å². The molecule has 1 aromatic carbocycles. The minimum Gasteiger partial charge on any atom is -0.346 e. The van der Waals surface area contributed by atoms with E-state index in [9.17, 15) is 4.79 Å². The van der Waals surface area contributed by atoms with E-state index in [1.165, 1.54) is 6.08 Å². The van der Waals surface area contributed by atoms with Crippen LogP contribution in [0.1, 0.15) is 0 Å². The highest BCUT2D eigenvalue weighted by Gasteiger charge is 2.07. The highest BCUT2D eigenvalue weighted by atomic mass is 16.1. The van der Waals surface area contributed by atoms with Crippen molar-refractivity contribution in [1.82, 2.24) is 9.97 Å². The highest BCUT2D eigenvalue weighted by molar-refractivity contribution is 6.00. The molecule has 2 N–H and O–H groups in total. The monoisotopic (exact) mass is 263 g/mol. The normalized spacial score (nSPS) is 10.4. The Balaban J connectivity index is 2.04. The third kappa shape index (κ3) is 2.19. The number of rotatable bonds is 3. The number of benzene rings is 1. The maximum atomic E-state index is 11.3. The summed E-state index contributed by atoms with van der Waals surface area (Å²) in [6.45, 7) is 3.44. The number of anilines is 1. The molecule has 0 unspecified atom stereocenters. The summed E-state index contributed by atoms with van der Waals surface area (Å²) in [5.41, 5.74) is 3.67. The summed E-state index contributed by atoms with van der Waals surface area (Å²) in [6, 6.07) is 11.6. The predicted octanol–water partition coefficient (Wildman–Crippen LogP) is 3.35. The van der Waals surface area contributed by atoms with Crippen LogP contribution in [0.4, 0.5) is 5.69 Å².